The van der Waals surface area contributed by atoms with Crippen molar-refractivity contribution in [3.63, 3.8) is 0 Å². The number of nitrogens with zero attached hydrogens (tertiary/aromatic N) is 4. The van der Waals surface area contributed by atoms with E-state index in [-0.39, 0.29) is 22.8 Å². The molecule has 11 nitrogen and oxygen atoms in total. The van der Waals surface area contributed by atoms with Gasteiger partial charge in [-0.25, -0.2) is 9.38 Å². The Balaban J connectivity index is 1.67. The third kappa shape index (κ3) is 3.81. The lowest BCUT2D eigenvalue weighted by atomic mass is 10.1. The molecule has 5 rings (SSSR count). The number of benzene rings is 3. The first-order valence-electron chi connectivity index (χ1n) is 10.1. The summed E-state index contributed by atoms with van der Waals surface area (Å²) in [7, 11) is 1.40. The van der Waals surface area contributed by atoms with Crippen LogP contribution in [0.2, 0.25) is 0 Å². The first kappa shape index (κ1) is 22.0. The van der Waals surface area contributed by atoms with Gasteiger partial charge >= 0.3 is 5.69 Å². The average Bonchev–Trinajstić information content (AvgIpc) is 3.35. The van der Waals surface area contributed by atoms with Gasteiger partial charge in [0.2, 0.25) is 5.75 Å². The summed E-state index contributed by atoms with van der Waals surface area (Å²) in [5.74, 6) is 0.155. The summed E-state index contributed by atoms with van der Waals surface area (Å²) in [5.41, 5.74) is 0.518. The number of hydrogen-bond acceptors (Lipinski definition) is 9. The standard InChI is InChI=1S/C23H14N4O7S/c1-33-19-8-4-5-13(21(19)34-18-10-9-14(26(29)30)12-17(18)27(31)32)11-20-22(28)25-16-7-3-2-6-15(16)24-23(25)35-20/h2-12H,1H3/b20-11-. The molecule has 0 aliphatic carbocycles. The number of hydrogen-bond donors (Lipinski definition) is 0. The van der Waals surface area contributed by atoms with Crippen LogP contribution in [0.5, 0.6) is 17.2 Å². The number of para-hydroxylation sites is 3. The molecule has 0 radical (unpaired) electrons. The van der Waals surface area contributed by atoms with Crippen LogP contribution < -0.4 is 19.6 Å². The van der Waals surface area contributed by atoms with E-state index in [2.05, 4.69) is 4.98 Å². The third-order valence-electron chi connectivity index (χ3n) is 5.22. The topological polar surface area (TPSA) is 139 Å². The number of non-ortho nitro benzene ring substituents is 1. The largest absolute Gasteiger partial charge is 0.493 e. The molecule has 2 heterocycles. The molecule has 174 valence electrons. The van der Waals surface area contributed by atoms with E-state index >= 15 is 0 Å². The normalized spacial score (nSPS) is 11.7. The zero-order valence-corrected chi connectivity index (χ0v) is 18.7. The lowest BCUT2D eigenvalue weighted by Gasteiger charge is -2.13. The van der Waals surface area contributed by atoms with E-state index in [0.29, 0.717) is 26.1 Å². The van der Waals surface area contributed by atoms with Crippen molar-refractivity contribution in [2.45, 2.75) is 0 Å². The second-order valence-corrected chi connectivity index (χ2v) is 8.29. The van der Waals surface area contributed by atoms with Crippen LogP contribution in [0.3, 0.4) is 0 Å². The van der Waals surface area contributed by atoms with Crippen molar-refractivity contribution in [1.82, 2.24) is 9.38 Å². The maximum Gasteiger partial charge on any atom is 0.318 e. The molecule has 2 aromatic heterocycles. The highest BCUT2D eigenvalue weighted by molar-refractivity contribution is 7.15. The summed E-state index contributed by atoms with van der Waals surface area (Å²) < 4.78 is 13.1. The minimum absolute atomic E-state index is 0.113. The monoisotopic (exact) mass is 490 g/mol. The van der Waals surface area contributed by atoms with Gasteiger partial charge < -0.3 is 9.47 Å². The summed E-state index contributed by atoms with van der Waals surface area (Å²) >= 11 is 1.19. The van der Waals surface area contributed by atoms with Crippen LogP contribution in [-0.4, -0.2) is 26.3 Å². The summed E-state index contributed by atoms with van der Waals surface area (Å²) in [6.45, 7) is 0. The number of ether oxygens (including phenoxy) is 2. The fraction of sp³-hybridized carbons (Fsp3) is 0.0435. The van der Waals surface area contributed by atoms with Crippen molar-refractivity contribution in [3.8, 4) is 17.2 Å². The number of thiazole rings is 1. The highest BCUT2D eigenvalue weighted by Crippen LogP contribution is 2.40. The van der Waals surface area contributed by atoms with E-state index in [9.17, 15) is 25.0 Å². The number of nitro benzene ring substituents is 2. The second kappa shape index (κ2) is 8.50. The highest BCUT2D eigenvalue weighted by Gasteiger charge is 2.23. The fourth-order valence-electron chi connectivity index (χ4n) is 3.63. The highest BCUT2D eigenvalue weighted by atomic mass is 32.1. The first-order chi connectivity index (χ1) is 16.9. The van der Waals surface area contributed by atoms with Gasteiger partial charge in [-0.2, -0.15) is 0 Å². The summed E-state index contributed by atoms with van der Waals surface area (Å²) in [6.07, 6.45) is 1.59. The van der Waals surface area contributed by atoms with E-state index in [1.165, 1.54) is 22.8 Å². The minimum Gasteiger partial charge on any atom is -0.493 e. The van der Waals surface area contributed by atoms with Crippen LogP contribution in [0, 0.1) is 20.2 Å². The average molecular weight is 490 g/mol. The molecule has 0 atom stereocenters. The molecule has 5 aromatic rings. The third-order valence-corrected chi connectivity index (χ3v) is 6.19. The molecule has 0 aliphatic heterocycles. The molecule has 12 heteroatoms. The van der Waals surface area contributed by atoms with E-state index in [1.807, 2.05) is 18.2 Å². The number of imidazole rings is 1. The van der Waals surface area contributed by atoms with Crippen LogP contribution >= 0.6 is 11.3 Å². The quantitative estimate of drug-likeness (QED) is 0.256. The van der Waals surface area contributed by atoms with Crippen molar-refractivity contribution in [2.75, 3.05) is 7.11 Å². The molecular formula is C23H14N4O7S. The van der Waals surface area contributed by atoms with E-state index in [0.717, 1.165) is 18.2 Å². The zero-order chi connectivity index (χ0) is 24.7. The molecule has 0 N–H and O–H groups in total. The molecule has 0 amide bonds. The Kier molecular flexibility index (Phi) is 5.34. The summed E-state index contributed by atoms with van der Waals surface area (Å²) in [4.78, 5) is 39.3. The number of methoxy groups -OCH3 is 1. The van der Waals surface area contributed by atoms with Gasteiger partial charge in [0.15, 0.2) is 16.5 Å². The molecule has 0 aliphatic rings. The van der Waals surface area contributed by atoms with Crippen LogP contribution in [-0.2, 0) is 0 Å². The SMILES string of the molecule is COc1cccc(/C=c2\sc3nc4ccccc4n3c2=O)c1Oc1ccc([N+](=O)[O-])cc1[N+](=O)[O-]. The maximum absolute atomic E-state index is 13.2. The summed E-state index contributed by atoms with van der Waals surface area (Å²) in [5, 5.41) is 22.6. The van der Waals surface area contributed by atoms with Crippen molar-refractivity contribution >= 4 is 44.8 Å². The van der Waals surface area contributed by atoms with Gasteiger partial charge in [0.1, 0.15) is 0 Å². The van der Waals surface area contributed by atoms with Crippen LogP contribution in [0.25, 0.3) is 22.1 Å². The van der Waals surface area contributed by atoms with Crippen LogP contribution in [0.4, 0.5) is 11.4 Å². The smallest absolute Gasteiger partial charge is 0.318 e. The van der Waals surface area contributed by atoms with Crippen LogP contribution in [0.1, 0.15) is 5.56 Å². The van der Waals surface area contributed by atoms with Gasteiger partial charge in [0.05, 0.1) is 38.6 Å². The predicted octanol–water partition coefficient (Wildman–Crippen LogP) is 4.07. The van der Waals surface area contributed by atoms with Gasteiger partial charge in [-0.1, -0.05) is 35.6 Å². The molecule has 0 unspecified atom stereocenters. The van der Waals surface area contributed by atoms with Gasteiger partial charge in [0, 0.05) is 11.6 Å². The molecule has 0 saturated heterocycles. The van der Waals surface area contributed by atoms with Crippen molar-refractivity contribution in [3.05, 3.63) is 101 Å². The van der Waals surface area contributed by atoms with Crippen molar-refractivity contribution < 1.29 is 19.3 Å². The van der Waals surface area contributed by atoms with Gasteiger partial charge in [-0.15, -0.1) is 0 Å². The zero-order valence-electron chi connectivity index (χ0n) is 17.9. The van der Waals surface area contributed by atoms with Crippen LogP contribution in [0.15, 0.2) is 65.5 Å². The van der Waals surface area contributed by atoms with Gasteiger partial charge in [-0.3, -0.25) is 25.0 Å². The Morgan fingerprint density at radius 3 is 2.54 bits per heavy atom. The molecule has 0 saturated carbocycles. The number of aromatic nitrogens is 2. The Hall–Kier alpha value is -4.84. The molecule has 0 fully saturated rings. The molecule has 0 bridgehead atoms. The Bertz CT molecular complexity index is 1760. The van der Waals surface area contributed by atoms with E-state index < -0.39 is 21.2 Å². The number of rotatable bonds is 6. The molecule has 0 spiro atoms. The van der Waals surface area contributed by atoms with Gasteiger partial charge in [0.25, 0.3) is 11.2 Å². The Morgan fingerprint density at radius 2 is 1.80 bits per heavy atom. The second-order valence-electron chi connectivity index (χ2n) is 7.28. The maximum atomic E-state index is 13.2. The summed E-state index contributed by atoms with van der Waals surface area (Å²) in [6, 6.07) is 15.3. The minimum atomic E-state index is -0.768. The van der Waals surface area contributed by atoms with Gasteiger partial charge in [-0.05, 0) is 30.3 Å². The fourth-order valence-corrected chi connectivity index (χ4v) is 4.61. The molecular weight excluding hydrogens is 476 g/mol. The lowest BCUT2D eigenvalue weighted by molar-refractivity contribution is -0.394. The van der Waals surface area contributed by atoms with Crippen molar-refractivity contribution in [1.29, 1.82) is 0 Å². The number of nitro groups is 2. The number of fused-ring (bicyclic) bond motifs is 3. The first-order valence-corrected chi connectivity index (χ1v) is 10.9. The molecule has 35 heavy (non-hydrogen) atoms. The van der Waals surface area contributed by atoms with E-state index in [4.69, 9.17) is 9.47 Å². The van der Waals surface area contributed by atoms with E-state index in [1.54, 1.807) is 30.3 Å². The van der Waals surface area contributed by atoms with Crippen molar-refractivity contribution in [2.24, 2.45) is 0 Å². The predicted molar refractivity (Wildman–Crippen MR) is 128 cm³/mol. The molecule has 3 aromatic carbocycles. The Morgan fingerprint density at radius 1 is 1.00 bits per heavy atom. The Labute approximate surface area is 199 Å². The lowest BCUT2D eigenvalue weighted by Crippen LogP contribution is -2.22.